The summed E-state index contributed by atoms with van der Waals surface area (Å²) >= 11 is 0. The number of carbonyl (C=O) groups is 1. The van der Waals surface area contributed by atoms with Crippen molar-refractivity contribution in [3.05, 3.63) is 23.3 Å². The van der Waals surface area contributed by atoms with Crippen molar-refractivity contribution < 1.29 is 20.1 Å². The minimum atomic E-state index is -0.900. The van der Waals surface area contributed by atoms with Gasteiger partial charge in [-0.1, -0.05) is 11.6 Å². The molecule has 0 bridgehead atoms. The molecule has 1 fully saturated rings. The topological polar surface area (TPSA) is 104 Å². The Bertz CT molecular complexity index is 388. The maximum atomic E-state index is 11.0. The van der Waals surface area contributed by atoms with E-state index in [-0.39, 0.29) is 18.4 Å². The first kappa shape index (κ1) is 12.3. The number of hydrogen-bond acceptors (Lipinski definition) is 4. The van der Waals surface area contributed by atoms with E-state index in [1.807, 2.05) is 0 Å². The molecular formula is C12H17NO4. The molecule has 0 aromatic carbocycles. The highest BCUT2D eigenvalue weighted by atomic mass is 16.3. The second kappa shape index (κ2) is 4.60. The van der Waals surface area contributed by atoms with Crippen molar-refractivity contribution in [2.45, 2.75) is 25.0 Å². The Kier molecular flexibility index (Phi) is 3.33. The monoisotopic (exact) mass is 239 g/mol. The summed E-state index contributed by atoms with van der Waals surface area (Å²) in [5.74, 6) is -0.976. The van der Waals surface area contributed by atoms with Crippen molar-refractivity contribution in [2.75, 3.05) is 6.61 Å². The molecule has 0 radical (unpaired) electrons. The highest BCUT2D eigenvalue weighted by Gasteiger charge is 2.42. The molecule has 5 nitrogen and oxygen atoms in total. The van der Waals surface area contributed by atoms with Gasteiger partial charge in [0.25, 0.3) is 0 Å². The summed E-state index contributed by atoms with van der Waals surface area (Å²) in [5.41, 5.74) is 6.53. The Labute approximate surface area is 99.2 Å². The molecule has 0 saturated heterocycles. The molecule has 94 valence electrons. The number of nitrogens with two attached hydrogens (primary N) is 1. The third-order valence-electron chi connectivity index (χ3n) is 3.70. The van der Waals surface area contributed by atoms with Crippen LogP contribution in [0.1, 0.15) is 12.8 Å². The molecule has 5 heteroatoms. The Morgan fingerprint density at radius 2 is 2.12 bits per heavy atom. The summed E-state index contributed by atoms with van der Waals surface area (Å²) < 4.78 is 0. The number of aliphatic hydroxyl groups excluding tert-OH is 3. The minimum Gasteiger partial charge on any atom is -0.396 e. The molecule has 0 unspecified atom stereocenters. The Morgan fingerprint density at radius 3 is 2.59 bits per heavy atom. The number of hydrogen-bond donors (Lipinski definition) is 4. The van der Waals surface area contributed by atoms with Crippen molar-refractivity contribution >= 4 is 5.91 Å². The minimum absolute atomic E-state index is 0.141. The molecule has 4 atom stereocenters. The predicted molar refractivity (Wildman–Crippen MR) is 60.7 cm³/mol. The van der Waals surface area contributed by atoms with Crippen LogP contribution in [0, 0.1) is 11.8 Å². The van der Waals surface area contributed by atoms with Crippen LogP contribution in [0.3, 0.4) is 0 Å². The van der Waals surface area contributed by atoms with E-state index in [1.165, 1.54) is 0 Å². The van der Waals surface area contributed by atoms with Gasteiger partial charge in [0, 0.05) is 24.0 Å². The number of carbonyl (C=O) groups excluding carboxylic acids is 1. The fourth-order valence-electron chi connectivity index (χ4n) is 2.65. The van der Waals surface area contributed by atoms with Gasteiger partial charge < -0.3 is 21.1 Å². The summed E-state index contributed by atoms with van der Waals surface area (Å²) in [6, 6.07) is 0. The lowest BCUT2D eigenvalue weighted by Crippen LogP contribution is -2.29. The second-order valence-corrected chi connectivity index (χ2v) is 4.71. The zero-order valence-corrected chi connectivity index (χ0v) is 9.41. The quantitative estimate of drug-likeness (QED) is 0.511. The van der Waals surface area contributed by atoms with E-state index in [1.54, 1.807) is 12.2 Å². The van der Waals surface area contributed by atoms with Crippen LogP contribution in [0.4, 0.5) is 0 Å². The predicted octanol–water partition coefficient (Wildman–Crippen LogP) is -0.922. The zero-order valence-electron chi connectivity index (χ0n) is 9.41. The first-order chi connectivity index (χ1) is 8.04. The Hall–Kier alpha value is -1.17. The molecule has 2 rings (SSSR count). The van der Waals surface area contributed by atoms with Gasteiger partial charge in [-0.3, -0.25) is 4.79 Å². The van der Waals surface area contributed by atoms with E-state index in [0.29, 0.717) is 18.4 Å². The van der Waals surface area contributed by atoms with Gasteiger partial charge in [-0.05, 0) is 18.9 Å². The molecular weight excluding hydrogens is 222 g/mol. The van der Waals surface area contributed by atoms with Gasteiger partial charge in [0.2, 0.25) is 5.91 Å². The molecule has 0 aliphatic heterocycles. The maximum Gasteiger partial charge on any atom is 0.248 e. The van der Waals surface area contributed by atoms with Gasteiger partial charge >= 0.3 is 0 Å². The molecule has 2 aliphatic carbocycles. The summed E-state index contributed by atoms with van der Waals surface area (Å²) in [5, 5.41) is 28.7. The number of allylic oxidation sites excluding steroid dienone is 1. The van der Waals surface area contributed by atoms with Crippen LogP contribution in [-0.4, -0.2) is 40.0 Å². The van der Waals surface area contributed by atoms with E-state index >= 15 is 0 Å². The fraction of sp³-hybridized carbons (Fsp3) is 0.583. The number of amides is 1. The highest BCUT2D eigenvalue weighted by Crippen LogP contribution is 2.39. The van der Waals surface area contributed by atoms with Crippen molar-refractivity contribution in [3.8, 4) is 0 Å². The van der Waals surface area contributed by atoms with E-state index in [0.717, 1.165) is 5.57 Å². The van der Waals surface area contributed by atoms with Gasteiger partial charge in [-0.15, -0.1) is 0 Å². The Balaban J connectivity index is 2.11. The number of rotatable bonds is 3. The molecule has 17 heavy (non-hydrogen) atoms. The summed E-state index contributed by atoms with van der Waals surface area (Å²) in [4.78, 5) is 11.0. The van der Waals surface area contributed by atoms with Gasteiger partial charge in [-0.2, -0.15) is 0 Å². The molecule has 0 aromatic heterocycles. The first-order valence-corrected chi connectivity index (χ1v) is 5.72. The average molecular weight is 239 g/mol. The van der Waals surface area contributed by atoms with E-state index in [9.17, 15) is 15.0 Å². The maximum absolute atomic E-state index is 11.0. The molecule has 0 spiro atoms. The summed E-state index contributed by atoms with van der Waals surface area (Å²) in [6.07, 6.45) is 2.74. The van der Waals surface area contributed by atoms with Gasteiger partial charge in [0.1, 0.15) is 0 Å². The lowest BCUT2D eigenvalue weighted by atomic mass is 9.94. The molecule has 5 N–H and O–H groups in total. The lowest BCUT2D eigenvalue weighted by Gasteiger charge is -2.17. The molecule has 1 saturated carbocycles. The van der Waals surface area contributed by atoms with Gasteiger partial charge in [-0.25, -0.2) is 0 Å². The van der Waals surface area contributed by atoms with Gasteiger partial charge in [0.15, 0.2) is 0 Å². The van der Waals surface area contributed by atoms with Crippen molar-refractivity contribution in [1.29, 1.82) is 0 Å². The molecule has 0 heterocycles. The van der Waals surface area contributed by atoms with E-state index < -0.39 is 18.1 Å². The van der Waals surface area contributed by atoms with Crippen LogP contribution in [0.2, 0.25) is 0 Å². The third-order valence-corrected chi connectivity index (χ3v) is 3.70. The van der Waals surface area contributed by atoms with Crippen LogP contribution < -0.4 is 5.73 Å². The lowest BCUT2D eigenvalue weighted by molar-refractivity contribution is -0.114. The van der Waals surface area contributed by atoms with Crippen LogP contribution >= 0.6 is 0 Å². The van der Waals surface area contributed by atoms with Crippen LogP contribution in [-0.2, 0) is 4.79 Å². The standard InChI is InChI=1S/C12H17NO4/c13-12(17)7-2-1-6(3-7)9-4-8(5-14)10(15)11(9)16/h2-3,8-11,14-16H,1,4-5H2,(H2,13,17)/t8-,9+,10+,11-/m1/s1. The normalized spacial score (nSPS) is 36.9. The van der Waals surface area contributed by atoms with Crippen molar-refractivity contribution in [2.24, 2.45) is 17.6 Å². The van der Waals surface area contributed by atoms with Gasteiger partial charge in [0.05, 0.1) is 12.2 Å². The van der Waals surface area contributed by atoms with E-state index in [2.05, 4.69) is 0 Å². The summed E-state index contributed by atoms with van der Waals surface area (Å²) in [7, 11) is 0. The van der Waals surface area contributed by atoms with Crippen LogP contribution in [0.25, 0.3) is 0 Å². The second-order valence-electron chi connectivity index (χ2n) is 4.71. The third kappa shape index (κ3) is 2.13. The molecule has 0 aromatic rings. The molecule has 1 amide bonds. The average Bonchev–Trinajstić information content (AvgIpc) is 2.87. The Morgan fingerprint density at radius 1 is 1.41 bits per heavy atom. The number of aliphatic hydroxyl groups is 3. The van der Waals surface area contributed by atoms with Crippen molar-refractivity contribution in [3.63, 3.8) is 0 Å². The van der Waals surface area contributed by atoms with E-state index in [4.69, 9.17) is 10.8 Å². The smallest absolute Gasteiger partial charge is 0.248 e. The van der Waals surface area contributed by atoms with Crippen LogP contribution in [0.15, 0.2) is 23.3 Å². The summed E-state index contributed by atoms with van der Waals surface area (Å²) in [6.45, 7) is -0.141. The fourth-order valence-corrected chi connectivity index (χ4v) is 2.65. The zero-order chi connectivity index (χ0) is 12.6. The molecule has 2 aliphatic rings. The number of primary amides is 1. The van der Waals surface area contributed by atoms with Crippen molar-refractivity contribution in [1.82, 2.24) is 0 Å². The first-order valence-electron chi connectivity index (χ1n) is 5.72. The SMILES string of the molecule is NC(=O)C1=CCC([C@@H]2C[C@H](CO)[C@H](O)[C@@H]2O)=C1. The largest absolute Gasteiger partial charge is 0.396 e. The van der Waals surface area contributed by atoms with Crippen LogP contribution in [0.5, 0.6) is 0 Å². The highest BCUT2D eigenvalue weighted by molar-refractivity contribution is 5.95.